The lowest BCUT2D eigenvalue weighted by atomic mass is 10.1. The Bertz CT molecular complexity index is 883. The van der Waals surface area contributed by atoms with Crippen LogP contribution >= 0.6 is 0 Å². The summed E-state index contributed by atoms with van der Waals surface area (Å²) in [4.78, 5) is 48.6. The first-order chi connectivity index (χ1) is 14.8. The predicted molar refractivity (Wildman–Crippen MR) is 111 cm³/mol. The molecule has 0 fully saturated rings. The van der Waals surface area contributed by atoms with Crippen molar-refractivity contribution in [3.05, 3.63) is 71.8 Å². The Morgan fingerprint density at radius 3 is 2.03 bits per heavy atom. The van der Waals surface area contributed by atoms with E-state index in [1.54, 1.807) is 24.3 Å². The number of nitrogens with zero attached hydrogens (tertiary/aromatic N) is 1. The molecule has 0 aliphatic carbocycles. The summed E-state index contributed by atoms with van der Waals surface area (Å²) < 4.78 is 15.4. The van der Waals surface area contributed by atoms with Crippen LogP contribution in [0, 0.1) is 0 Å². The predicted octanol–water partition coefficient (Wildman–Crippen LogP) is 2.54. The zero-order valence-corrected chi connectivity index (χ0v) is 17.5. The normalized spacial score (nSPS) is 11.2. The van der Waals surface area contributed by atoms with Crippen LogP contribution in [0.2, 0.25) is 0 Å². The van der Waals surface area contributed by atoms with Crippen molar-refractivity contribution < 1.29 is 33.4 Å². The Labute approximate surface area is 180 Å². The van der Waals surface area contributed by atoms with E-state index >= 15 is 0 Å². The number of esters is 2. The average molecular weight is 427 g/mol. The molecule has 0 N–H and O–H groups in total. The monoisotopic (exact) mass is 427 g/mol. The Morgan fingerprint density at radius 1 is 0.871 bits per heavy atom. The minimum Gasteiger partial charge on any atom is -0.458 e. The lowest BCUT2D eigenvalue weighted by Gasteiger charge is -2.21. The SMILES string of the molecule is CC(=O)COC(=O)CN(C)C(=O)O[C@@H](Cc1ccccc1)C(=O)OCc1ccccc1. The highest BCUT2D eigenvalue weighted by Gasteiger charge is 2.27. The fourth-order valence-corrected chi connectivity index (χ4v) is 2.52. The second-order valence-electron chi connectivity index (χ2n) is 6.87. The van der Waals surface area contributed by atoms with E-state index in [4.69, 9.17) is 14.2 Å². The van der Waals surface area contributed by atoms with Gasteiger partial charge in [0.2, 0.25) is 6.10 Å². The van der Waals surface area contributed by atoms with Gasteiger partial charge in [-0.1, -0.05) is 60.7 Å². The number of ether oxygens (including phenoxy) is 3. The number of carbonyl (C=O) groups excluding carboxylic acids is 4. The highest BCUT2D eigenvalue weighted by molar-refractivity contribution is 5.83. The molecule has 0 heterocycles. The molecule has 0 saturated heterocycles. The van der Waals surface area contributed by atoms with E-state index in [2.05, 4.69) is 0 Å². The number of carbonyl (C=O) groups is 4. The van der Waals surface area contributed by atoms with Crippen molar-refractivity contribution >= 4 is 23.8 Å². The fraction of sp³-hybridized carbons (Fsp3) is 0.304. The average Bonchev–Trinajstić information content (AvgIpc) is 2.77. The smallest absolute Gasteiger partial charge is 0.410 e. The van der Waals surface area contributed by atoms with Crippen molar-refractivity contribution in [1.29, 1.82) is 0 Å². The molecule has 8 heteroatoms. The first-order valence-corrected chi connectivity index (χ1v) is 9.66. The molecular weight excluding hydrogens is 402 g/mol. The number of hydrogen-bond donors (Lipinski definition) is 0. The van der Waals surface area contributed by atoms with E-state index < -0.39 is 30.7 Å². The van der Waals surface area contributed by atoms with Gasteiger partial charge in [0.1, 0.15) is 19.8 Å². The largest absolute Gasteiger partial charge is 0.458 e. The van der Waals surface area contributed by atoms with E-state index in [9.17, 15) is 19.2 Å². The molecule has 2 aromatic carbocycles. The molecule has 0 spiro atoms. The second kappa shape index (κ2) is 12.1. The standard InChI is InChI=1S/C23H25NO7/c1-17(25)15-29-21(26)14-24(2)23(28)31-20(13-18-9-5-3-6-10-18)22(27)30-16-19-11-7-4-8-12-19/h3-12,20H,13-16H2,1-2H3/t20-/m0/s1. The number of benzene rings is 2. The molecule has 1 atom stereocenters. The molecule has 2 aromatic rings. The molecular formula is C23H25NO7. The quantitative estimate of drug-likeness (QED) is 0.424. The van der Waals surface area contributed by atoms with Gasteiger partial charge in [-0.3, -0.25) is 9.59 Å². The molecule has 8 nitrogen and oxygen atoms in total. The molecule has 164 valence electrons. The van der Waals surface area contributed by atoms with Gasteiger partial charge in [-0.2, -0.15) is 0 Å². The summed E-state index contributed by atoms with van der Waals surface area (Å²) in [6.45, 7) is 0.517. The van der Waals surface area contributed by atoms with Crippen molar-refractivity contribution in [1.82, 2.24) is 4.90 Å². The molecule has 2 rings (SSSR count). The van der Waals surface area contributed by atoms with Gasteiger partial charge < -0.3 is 19.1 Å². The van der Waals surface area contributed by atoms with Gasteiger partial charge in [0.25, 0.3) is 0 Å². The maximum absolute atomic E-state index is 12.6. The van der Waals surface area contributed by atoms with Crippen LogP contribution in [0.3, 0.4) is 0 Å². The highest BCUT2D eigenvalue weighted by Crippen LogP contribution is 2.11. The Balaban J connectivity index is 1.99. The molecule has 0 aliphatic rings. The summed E-state index contributed by atoms with van der Waals surface area (Å²) in [6.07, 6.45) is -1.98. The highest BCUT2D eigenvalue weighted by atomic mass is 16.6. The summed E-state index contributed by atoms with van der Waals surface area (Å²) >= 11 is 0. The zero-order chi connectivity index (χ0) is 22.6. The minimum absolute atomic E-state index is 0.0374. The number of rotatable bonds is 10. The summed E-state index contributed by atoms with van der Waals surface area (Å²) in [5.74, 6) is -1.78. The second-order valence-corrected chi connectivity index (χ2v) is 6.87. The van der Waals surface area contributed by atoms with Crippen molar-refractivity contribution in [3.8, 4) is 0 Å². The van der Waals surface area contributed by atoms with Crippen LogP contribution in [0.5, 0.6) is 0 Å². The fourth-order valence-electron chi connectivity index (χ4n) is 2.52. The molecule has 0 unspecified atom stereocenters. The van der Waals surface area contributed by atoms with Gasteiger partial charge in [0.05, 0.1) is 0 Å². The van der Waals surface area contributed by atoms with Crippen LogP contribution in [-0.2, 0) is 41.6 Å². The number of amides is 1. The van der Waals surface area contributed by atoms with Crippen molar-refractivity contribution in [3.63, 3.8) is 0 Å². The van der Waals surface area contributed by atoms with Gasteiger partial charge in [-0.05, 0) is 18.1 Å². The summed E-state index contributed by atoms with van der Waals surface area (Å²) in [5, 5.41) is 0. The van der Waals surface area contributed by atoms with Gasteiger partial charge >= 0.3 is 18.0 Å². The molecule has 0 radical (unpaired) electrons. The zero-order valence-electron chi connectivity index (χ0n) is 17.5. The Hall–Kier alpha value is -3.68. The van der Waals surface area contributed by atoms with E-state index in [1.165, 1.54) is 14.0 Å². The van der Waals surface area contributed by atoms with E-state index in [-0.39, 0.29) is 25.4 Å². The van der Waals surface area contributed by atoms with Crippen molar-refractivity contribution in [2.24, 2.45) is 0 Å². The Morgan fingerprint density at radius 2 is 1.45 bits per heavy atom. The van der Waals surface area contributed by atoms with Crippen LogP contribution in [-0.4, -0.2) is 55.0 Å². The van der Waals surface area contributed by atoms with Crippen molar-refractivity contribution in [2.45, 2.75) is 26.1 Å². The van der Waals surface area contributed by atoms with E-state index in [0.717, 1.165) is 16.0 Å². The third kappa shape index (κ3) is 8.69. The summed E-state index contributed by atoms with van der Waals surface area (Å²) in [7, 11) is 1.33. The topological polar surface area (TPSA) is 99.2 Å². The third-order valence-corrected chi connectivity index (χ3v) is 4.11. The van der Waals surface area contributed by atoms with Crippen LogP contribution < -0.4 is 0 Å². The maximum atomic E-state index is 12.6. The number of ketones is 1. The lowest BCUT2D eigenvalue weighted by Crippen LogP contribution is -2.39. The van der Waals surface area contributed by atoms with Crippen LogP contribution in [0.25, 0.3) is 0 Å². The molecule has 0 bridgehead atoms. The molecule has 1 amide bonds. The number of hydrogen-bond acceptors (Lipinski definition) is 7. The molecule has 0 aliphatic heterocycles. The maximum Gasteiger partial charge on any atom is 0.410 e. The first kappa shape index (κ1) is 23.6. The van der Waals surface area contributed by atoms with Gasteiger partial charge in [-0.25, -0.2) is 9.59 Å². The summed E-state index contributed by atoms with van der Waals surface area (Å²) in [6, 6.07) is 18.2. The number of Topliss-reactive ketones (excluding diaryl/α,β-unsaturated/α-hetero) is 1. The van der Waals surface area contributed by atoms with Gasteiger partial charge in [0, 0.05) is 13.5 Å². The Kier molecular flexibility index (Phi) is 9.22. The van der Waals surface area contributed by atoms with Gasteiger partial charge in [-0.15, -0.1) is 0 Å². The number of likely N-dealkylation sites (N-methyl/N-ethyl adjacent to an activating group) is 1. The van der Waals surface area contributed by atoms with E-state index in [0.29, 0.717) is 0 Å². The van der Waals surface area contributed by atoms with Crippen LogP contribution in [0.1, 0.15) is 18.1 Å². The molecule has 31 heavy (non-hydrogen) atoms. The van der Waals surface area contributed by atoms with E-state index in [1.807, 2.05) is 36.4 Å². The van der Waals surface area contributed by atoms with Crippen LogP contribution in [0.4, 0.5) is 4.79 Å². The summed E-state index contributed by atoms with van der Waals surface area (Å²) in [5.41, 5.74) is 1.58. The van der Waals surface area contributed by atoms with Crippen molar-refractivity contribution in [2.75, 3.05) is 20.2 Å². The molecule has 0 aromatic heterocycles. The molecule has 0 saturated carbocycles. The van der Waals surface area contributed by atoms with Gasteiger partial charge in [0.15, 0.2) is 5.78 Å². The minimum atomic E-state index is -1.20. The van der Waals surface area contributed by atoms with Crippen LogP contribution in [0.15, 0.2) is 60.7 Å². The first-order valence-electron chi connectivity index (χ1n) is 9.66. The lowest BCUT2D eigenvalue weighted by molar-refractivity contribution is -0.155. The third-order valence-electron chi connectivity index (χ3n) is 4.11.